The third-order valence-electron chi connectivity index (χ3n) is 5.30. The summed E-state index contributed by atoms with van der Waals surface area (Å²) in [6.45, 7) is 4.06. The van der Waals surface area contributed by atoms with E-state index in [0.717, 1.165) is 40.3 Å². The van der Waals surface area contributed by atoms with Gasteiger partial charge in [0.1, 0.15) is 0 Å². The van der Waals surface area contributed by atoms with Crippen LogP contribution in [0, 0.1) is 0 Å². The molecule has 0 bridgehead atoms. The fourth-order valence-corrected chi connectivity index (χ4v) is 3.57. The van der Waals surface area contributed by atoms with Crippen LogP contribution in [0.2, 0.25) is 0 Å². The van der Waals surface area contributed by atoms with E-state index in [4.69, 9.17) is 9.97 Å². The van der Waals surface area contributed by atoms with Gasteiger partial charge in [0.15, 0.2) is 5.82 Å². The van der Waals surface area contributed by atoms with Crippen LogP contribution < -0.4 is 0 Å². The van der Waals surface area contributed by atoms with E-state index in [9.17, 15) is 0 Å². The average molecular weight is 391 g/mol. The minimum absolute atomic E-state index is 0.455. The van der Waals surface area contributed by atoms with Gasteiger partial charge in [0, 0.05) is 17.0 Å². The molecule has 148 valence electrons. The Bertz CT molecular complexity index is 1120. The Hall–Kier alpha value is -3.52. The summed E-state index contributed by atoms with van der Waals surface area (Å²) in [5.74, 6) is 1.21. The van der Waals surface area contributed by atoms with Crippen molar-refractivity contribution in [2.75, 3.05) is 0 Å². The maximum absolute atomic E-state index is 4.89. The molecule has 0 saturated carbocycles. The second-order valence-corrected chi connectivity index (χ2v) is 7.48. The van der Waals surface area contributed by atoms with Gasteiger partial charge in [0.2, 0.25) is 0 Å². The lowest BCUT2D eigenvalue weighted by Gasteiger charge is -2.14. The second-order valence-electron chi connectivity index (χ2n) is 7.48. The predicted molar refractivity (Wildman–Crippen MR) is 127 cm³/mol. The molecule has 30 heavy (non-hydrogen) atoms. The van der Waals surface area contributed by atoms with Crippen LogP contribution in [-0.2, 0) is 0 Å². The van der Waals surface area contributed by atoms with E-state index in [1.165, 1.54) is 5.56 Å². The van der Waals surface area contributed by atoms with Crippen LogP contribution >= 0.6 is 0 Å². The molecule has 2 nitrogen and oxygen atoms in total. The van der Waals surface area contributed by atoms with E-state index in [1.54, 1.807) is 0 Å². The van der Waals surface area contributed by atoms with Gasteiger partial charge in [-0.15, -0.1) is 0 Å². The van der Waals surface area contributed by atoms with Gasteiger partial charge in [-0.25, -0.2) is 9.97 Å². The fraction of sp³-hybridized carbons (Fsp3) is 0.143. The zero-order chi connectivity index (χ0) is 20.8. The molecule has 0 amide bonds. The lowest BCUT2D eigenvalue weighted by Crippen LogP contribution is -1.99. The van der Waals surface area contributed by atoms with Crippen LogP contribution in [0.5, 0.6) is 0 Å². The molecule has 4 rings (SSSR count). The van der Waals surface area contributed by atoms with Crippen LogP contribution in [0.1, 0.15) is 37.6 Å². The standard InChI is InChI=1S/C28H26N2/c1-3-4-11-21(2)28-29-26(24-14-9-6-10-15-24)20-27(30-28)25-18-16-23(17-19-25)22-12-7-5-8-13-22/h3-12,14-20,22H,13H2,1-2H3/b4-3-,21-11+. The Balaban J connectivity index is 1.74. The van der Waals surface area contributed by atoms with Crippen LogP contribution in [0.3, 0.4) is 0 Å². The molecule has 0 fully saturated rings. The normalized spacial score (nSPS) is 16.3. The topological polar surface area (TPSA) is 25.8 Å². The van der Waals surface area contributed by atoms with Crippen molar-refractivity contribution < 1.29 is 0 Å². The number of aromatic nitrogens is 2. The van der Waals surface area contributed by atoms with Crippen molar-refractivity contribution in [2.45, 2.75) is 26.2 Å². The first-order valence-electron chi connectivity index (χ1n) is 10.4. The summed E-state index contributed by atoms with van der Waals surface area (Å²) >= 11 is 0. The van der Waals surface area contributed by atoms with E-state index in [1.807, 2.05) is 37.3 Å². The number of allylic oxidation sites excluding steroid dienone is 8. The summed E-state index contributed by atoms with van der Waals surface area (Å²) in [5, 5.41) is 0. The molecule has 2 aromatic carbocycles. The van der Waals surface area contributed by atoms with Crippen LogP contribution in [0.15, 0.2) is 103 Å². The van der Waals surface area contributed by atoms with Gasteiger partial charge in [0.25, 0.3) is 0 Å². The molecular weight excluding hydrogens is 364 g/mol. The SMILES string of the molecule is C/C=C\C=C(/C)c1nc(-c2ccccc2)cc(-c2ccc(C3C=CC=CC3)cc2)n1. The molecule has 0 saturated heterocycles. The van der Waals surface area contributed by atoms with E-state index in [0.29, 0.717) is 5.92 Å². The van der Waals surface area contributed by atoms with Gasteiger partial charge in [-0.3, -0.25) is 0 Å². The van der Waals surface area contributed by atoms with Crippen molar-refractivity contribution in [1.82, 2.24) is 9.97 Å². The molecular formula is C28H26N2. The number of benzene rings is 2. The van der Waals surface area contributed by atoms with Crippen LogP contribution in [0.25, 0.3) is 28.1 Å². The third-order valence-corrected chi connectivity index (χ3v) is 5.30. The van der Waals surface area contributed by atoms with Crippen molar-refractivity contribution in [3.05, 3.63) is 115 Å². The molecule has 0 radical (unpaired) electrons. The van der Waals surface area contributed by atoms with Crippen molar-refractivity contribution in [3.63, 3.8) is 0 Å². The van der Waals surface area contributed by atoms with Gasteiger partial charge in [-0.05, 0) is 37.5 Å². The monoisotopic (exact) mass is 390 g/mol. The van der Waals surface area contributed by atoms with Gasteiger partial charge in [0.05, 0.1) is 11.4 Å². The summed E-state index contributed by atoms with van der Waals surface area (Å²) in [4.78, 5) is 9.73. The largest absolute Gasteiger partial charge is 0.228 e. The van der Waals surface area contributed by atoms with Crippen molar-refractivity contribution in [2.24, 2.45) is 0 Å². The third kappa shape index (κ3) is 4.55. The van der Waals surface area contributed by atoms with E-state index in [2.05, 4.69) is 79.8 Å². The van der Waals surface area contributed by atoms with Gasteiger partial charge < -0.3 is 0 Å². The first kappa shape index (κ1) is 19.8. The number of hydrogen-bond acceptors (Lipinski definition) is 2. The first-order chi connectivity index (χ1) is 14.7. The molecule has 1 heterocycles. The zero-order valence-corrected chi connectivity index (χ0v) is 17.5. The Kier molecular flexibility index (Phi) is 6.14. The van der Waals surface area contributed by atoms with Gasteiger partial charge in [-0.1, -0.05) is 97.1 Å². The van der Waals surface area contributed by atoms with E-state index in [-0.39, 0.29) is 0 Å². The minimum Gasteiger partial charge on any atom is -0.228 e. The summed E-state index contributed by atoms with van der Waals surface area (Å²) < 4.78 is 0. The molecule has 3 aromatic rings. The number of hydrogen-bond donors (Lipinski definition) is 0. The second kappa shape index (κ2) is 9.32. The first-order valence-corrected chi connectivity index (χ1v) is 10.4. The predicted octanol–water partition coefficient (Wildman–Crippen LogP) is 7.39. The molecule has 0 aliphatic heterocycles. The minimum atomic E-state index is 0.455. The van der Waals surface area contributed by atoms with Crippen molar-refractivity contribution >= 4 is 5.57 Å². The Morgan fingerprint density at radius 1 is 0.900 bits per heavy atom. The fourth-order valence-electron chi connectivity index (χ4n) is 3.57. The maximum Gasteiger partial charge on any atom is 0.156 e. The summed E-state index contributed by atoms with van der Waals surface area (Å²) in [6, 6.07) is 21.2. The number of rotatable bonds is 5. The van der Waals surface area contributed by atoms with Gasteiger partial charge >= 0.3 is 0 Å². The summed E-state index contributed by atoms with van der Waals surface area (Å²) in [7, 11) is 0. The molecule has 1 aliphatic carbocycles. The van der Waals surface area contributed by atoms with Crippen molar-refractivity contribution in [3.8, 4) is 22.5 Å². The molecule has 0 spiro atoms. The lowest BCUT2D eigenvalue weighted by molar-refractivity contribution is 0.854. The number of nitrogens with zero attached hydrogens (tertiary/aromatic N) is 2. The van der Waals surface area contributed by atoms with Crippen molar-refractivity contribution in [1.29, 1.82) is 0 Å². The highest BCUT2D eigenvalue weighted by Crippen LogP contribution is 2.29. The molecule has 2 heteroatoms. The highest BCUT2D eigenvalue weighted by Gasteiger charge is 2.12. The lowest BCUT2D eigenvalue weighted by atomic mass is 9.92. The summed E-state index contributed by atoms with van der Waals surface area (Å²) in [5.41, 5.74) is 6.46. The Morgan fingerprint density at radius 2 is 1.60 bits per heavy atom. The smallest absolute Gasteiger partial charge is 0.156 e. The quantitative estimate of drug-likeness (QED) is 0.424. The van der Waals surface area contributed by atoms with Gasteiger partial charge in [-0.2, -0.15) is 0 Å². The molecule has 1 aliphatic rings. The zero-order valence-electron chi connectivity index (χ0n) is 17.5. The molecule has 1 aromatic heterocycles. The molecule has 0 N–H and O–H groups in total. The average Bonchev–Trinajstić information content (AvgIpc) is 2.83. The summed E-state index contributed by atoms with van der Waals surface area (Å²) in [6.07, 6.45) is 15.9. The maximum atomic E-state index is 4.89. The Labute approximate surface area is 179 Å². The van der Waals surface area contributed by atoms with E-state index >= 15 is 0 Å². The highest BCUT2D eigenvalue weighted by molar-refractivity contribution is 5.71. The van der Waals surface area contributed by atoms with Crippen LogP contribution in [-0.4, -0.2) is 9.97 Å². The van der Waals surface area contributed by atoms with E-state index < -0.39 is 0 Å². The Morgan fingerprint density at radius 3 is 2.23 bits per heavy atom. The molecule has 1 unspecified atom stereocenters. The van der Waals surface area contributed by atoms with Crippen LogP contribution in [0.4, 0.5) is 0 Å². The highest BCUT2D eigenvalue weighted by atomic mass is 14.9. The molecule has 1 atom stereocenters.